The van der Waals surface area contributed by atoms with Crippen molar-refractivity contribution in [2.24, 2.45) is 0 Å². The first-order valence-electron chi connectivity index (χ1n) is 4.68. The predicted octanol–water partition coefficient (Wildman–Crippen LogP) is 0.291. The van der Waals surface area contributed by atoms with Crippen LogP contribution in [0, 0.1) is 12.3 Å². The molecular formula is C11H14N2O2. The number of nitrogens with zero attached hydrogens (tertiary/aromatic N) is 1. The number of carbonyl (C=O) groups excluding carboxylic acids is 1. The Labute approximate surface area is 88.9 Å². The van der Waals surface area contributed by atoms with E-state index in [9.17, 15) is 9.90 Å². The first-order chi connectivity index (χ1) is 7.15. The second-order valence-corrected chi connectivity index (χ2v) is 3.22. The fourth-order valence-electron chi connectivity index (χ4n) is 1.31. The molecule has 0 saturated carbocycles. The molecule has 0 fully saturated rings. The summed E-state index contributed by atoms with van der Waals surface area (Å²) in [7, 11) is 0. The van der Waals surface area contributed by atoms with E-state index in [0.717, 1.165) is 0 Å². The molecule has 1 amide bonds. The number of nitrogens with one attached hydrogen (secondary N) is 1. The van der Waals surface area contributed by atoms with Crippen LogP contribution in [-0.2, 0) is 11.3 Å². The van der Waals surface area contributed by atoms with Crippen LogP contribution in [-0.4, -0.2) is 22.1 Å². The molecule has 4 nitrogen and oxygen atoms in total. The minimum atomic E-state index is -0.583. The summed E-state index contributed by atoms with van der Waals surface area (Å²) >= 11 is 0. The molecule has 0 saturated heterocycles. The normalized spacial score (nSPS) is 11.8. The molecule has 15 heavy (non-hydrogen) atoms. The molecular weight excluding hydrogens is 192 g/mol. The average Bonchev–Trinajstić information content (AvgIpc) is 2.62. The van der Waals surface area contributed by atoms with Crippen LogP contribution in [0.5, 0.6) is 0 Å². The molecule has 0 bridgehead atoms. The van der Waals surface area contributed by atoms with Crippen molar-refractivity contribution < 1.29 is 9.90 Å². The van der Waals surface area contributed by atoms with Gasteiger partial charge in [-0.05, 0) is 19.1 Å². The van der Waals surface area contributed by atoms with Crippen molar-refractivity contribution in [3.8, 4) is 12.3 Å². The first-order valence-corrected chi connectivity index (χ1v) is 4.68. The lowest BCUT2D eigenvalue weighted by Gasteiger charge is -2.10. The number of hydrogen-bond acceptors (Lipinski definition) is 2. The van der Waals surface area contributed by atoms with Gasteiger partial charge in [0.1, 0.15) is 6.54 Å². The smallest absolute Gasteiger partial charge is 0.240 e. The van der Waals surface area contributed by atoms with E-state index in [4.69, 9.17) is 6.42 Å². The molecule has 4 heteroatoms. The van der Waals surface area contributed by atoms with Crippen LogP contribution in [0.15, 0.2) is 18.3 Å². The largest absolute Gasteiger partial charge is 0.387 e. The Morgan fingerprint density at radius 2 is 2.53 bits per heavy atom. The quantitative estimate of drug-likeness (QED) is 0.696. The van der Waals surface area contributed by atoms with Crippen molar-refractivity contribution in [3.63, 3.8) is 0 Å². The van der Waals surface area contributed by atoms with Gasteiger partial charge in [-0.1, -0.05) is 5.92 Å². The van der Waals surface area contributed by atoms with Gasteiger partial charge in [0.15, 0.2) is 0 Å². The summed E-state index contributed by atoms with van der Waals surface area (Å²) < 4.78 is 1.69. The van der Waals surface area contributed by atoms with Gasteiger partial charge in [0, 0.05) is 11.9 Å². The zero-order chi connectivity index (χ0) is 11.3. The van der Waals surface area contributed by atoms with Crippen LogP contribution < -0.4 is 5.32 Å². The van der Waals surface area contributed by atoms with Crippen LogP contribution in [0.25, 0.3) is 0 Å². The highest BCUT2D eigenvalue weighted by Gasteiger charge is 2.09. The molecule has 0 aliphatic rings. The lowest BCUT2D eigenvalue weighted by Crippen LogP contribution is -2.28. The number of aromatic nitrogens is 1. The summed E-state index contributed by atoms with van der Waals surface area (Å²) in [6.45, 7) is 2.06. The SMILES string of the molecule is C#CCNC(=O)Cn1cccc1C(C)O. The summed E-state index contributed by atoms with van der Waals surface area (Å²) in [4.78, 5) is 11.3. The minimum absolute atomic E-state index is 0.161. The van der Waals surface area contributed by atoms with E-state index in [0.29, 0.717) is 5.69 Å². The highest BCUT2D eigenvalue weighted by Crippen LogP contribution is 2.12. The Bertz CT molecular complexity index is 374. The first kappa shape index (κ1) is 11.3. The fraction of sp³-hybridized carbons (Fsp3) is 0.364. The molecule has 0 aliphatic carbocycles. The molecule has 0 radical (unpaired) electrons. The van der Waals surface area contributed by atoms with Crippen LogP contribution in [0.1, 0.15) is 18.7 Å². The van der Waals surface area contributed by atoms with Crippen LogP contribution in [0.3, 0.4) is 0 Å². The Morgan fingerprint density at radius 1 is 1.80 bits per heavy atom. The Kier molecular flexibility index (Phi) is 3.95. The molecule has 1 atom stereocenters. The number of hydrogen-bond donors (Lipinski definition) is 2. The highest BCUT2D eigenvalue weighted by atomic mass is 16.3. The number of aliphatic hydroxyl groups excluding tert-OH is 1. The van der Waals surface area contributed by atoms with E-state index in [1.165, 1.54) is 0 Å². The van der Waals surface area contributed by atoms with E-state index in [1.54, 1.807) is 29.8 Å². The summed E-state index contributed by atoms with van der Waals surface area (Å²) in [5, 5.41) is 12.0. The molecule has 2 N–H and O–H groups in total. The number of amides is 1. The van der Waals surface area contributed by atoms with Gasteiger partial charge < -0.3 is 15.0 Å². The summed E-state index contributed by atoms with van der Waals surface area (Å²) in [6, 6.07) is 3.57. The summed E-state index contributed by atoms with van der Waals surface area (Å²) in [5.41, 5.74) is 0.714. The highest BCUT2D eigenvalue weighted by molar-refractivity contribution is 5.76. The van der Waals surface area contributed by atoms with Crippen molar-refractivity contribution >= 4 is 5.91 Å². The van der Waals surface area contributed by atoms with Gasteiger partial charge in [-0.15, -0.1) is 6.42 Å². The third-order valence-corrected chi connectivity index (χ3v) is 1.99. The fourth-order valence-corrected chi connectivity index (χ4v) is 1.31. The third-order valence-electron chi connectivity index (χ3n) is 1.99. The maximum Gasteiger partial charge on any atom is 0.240 e. The monoisotopic (exact) mass is 206 g/mol. The van der Waals surface area contributed by atoms with Gasteiger partial charge in [-0.25, -0.2) is 0 Å². The number of carbonyl (C=O) groups is 1. The van der Waals surface area contributed by atoms with E-state index in [-0.39, 0.29) is 19.0 Å². The molecule has 1 heterocycles. The number of aliphatic hydroxyl groups is 1. The second-order valence-electron chi connectivity index (χ2n) is 3.22. The molecule has 0 aromatic carbocycles. The van der Waals surface area contributed by atoms with E-state index < -0.39 is 6.10 Å². The zero-order valence-electron chi connectivity index (χ0n) is 8.60. The van der Waals surface area contributed by atoms with Crippen molar-refractivity contribution in [3.05, 3.63) is 24.0 Å². The molecule has 1 aromatic rings. The van der Waals surface area contributed by atoms with E-state index in [1.807, 2.05) is 0 Å². The third kappa shape index (κ3) is 3.15. The lowest BCUT2D eigenvalue weighted by molar-refractivity contribution is -0.121. The van der Waals surface area contributed by atoms with Gasteiger partial charge in [-0.2, -0.15) is 0 Å². The maximum atomic E-state index is 11.3. The standard InChI is InChI=1S/C11H14N2O2/c1-3-6-12-11(15)8-13-7-4-5-10(13)9(2)14/h1,4-5,7,9,14H,6,8H2,2H3,(H,12,15). The van der Waals surface area contributed by atoms with Crippen LogP contribution >= 0.6 is 0 Å². The van der Waals surface area contributed by atoms with Crippen molar-refractivity contribution in [2.45, 2.75) is 19.6 Å². The van der Waals surface area contributed by atoms with Crippen LogP contribution in [0.4, 0.5) is 0 Å². The topological polar surface area (TPSA) is 54.3 Å². The van der Waals surface area contributed by atoms with Crippen LogP contribution in [0.2, 0.25) is 0 Å². The van der Waals surface area contributed by atoms with Crippen molar-refractivity contribution in [1.29, 1.82) is 0 Å². The second kappa shape index (κ2) is 5.23. The molecule has 0 spiro atoms. The minimum Gasteiger partial charge on any atom is -0.387 e. The summed E-state index contributed by atoms with van der Waals surface area (Å²) in [6.07, 6.45) is 6.18. The van der Waals surface area contributed by atoms with Gasteiger partial charge in [0.2, 0.25) is 5.91 Å². The van der Waals surface area contributed by atoms with Gasteiger partial charge >= 0.3 is 0 Å². The van der Waals surface area contributed by atoms with E-state index >= 15 is 0 Å². The van der Waals surface area contributed by atoms with Crippen molar-refractivity contribution in [1.82, 2.24) is 9.88 Å². The predicted molar refractivity (Wildman–Crippen MR) is 56.9 cm³/mol. The molecule has 0 aliphatic heterocycles. The maximum absolute atomic E-state index is 11.3. The summed E-state index contributed by atoms with van der Waals surface area (Å²) in [5.74, 6) is 2.16. The van der Waals surface area contributed by atoms with Gasteiger partial charge in [0.05, 0.1) is 12.6 Å². The molecule has 1 rings (SSSR count). The number of terminal acetylenes is 1. The van der Waals surface area contributed by atoms with Gasteiger partial charge in [-0.3, -0.25) is 4.79 Å². The molecule has 1 unspecified atom stereocenters. The van der Waals surface area contributed by atoms with Gasteiger partial charge in [0.25, 0.3) is 0 Å². The zero-order valence-corrected chi connectivity index (χ0v) is 8.60. The molecule has 1 aromatic heterocycles. The lowest BCUT2D eigenvalue weighted by atomic mass is 10.3. The molecule has 80 valence electrons. The van der Waals surface area contributed by atoms with Crippen molar-refractivity contribution in [2.75, 3.05) is 6.54 Å². The Balaban J connectivity index is 2.61. The Morgan fingerprint density at radius 3 is 3.13 bits per heavy atom. The van der Waals surface area contributed by atoms with E-state index in [2.05, 4.69) is 11.2 Å². The number of rotatable bonds is 4. The Hall–Kier alpha value is -1.73. The average molecular weight is 206 g/mol.